The molecular formula is C13H20N2O3. The van der Waals surface area contributed by atoms with Crippen molar-refractivity contribution in [1.29, 1.82) is 0 Å². The monoisotopic (exact) mass is 252 g/mol. The van der Waals surface area contributed by atoms with Gasteiger partial charge in [-0.2, -0.15) is 0 Å². The largest absolute Gasteiger partial charge is 0.467 e. The van der Waals surface area contributed by atoms with Gasteiger partial charge in [0.05, 0.1) is 25.5 Å². The van der Waals surface area contributed by atoms with Crippen LogP contribution in [-0.2, 0) is 11.3 Å². The lowest BCUT2D eigenvalue weighted by molar-refractivity contribution is -0.126. The summed E-state index contributed by atoms with van der Waals surface area (Å²) in [4.78, 5) is 13.8. The summed E-state index contributed by atoms with van der Waals surface area (Å²) >= 11 is 0. The molecule has 1 aromatic heterocycles. The Hall–Kier alpha value is -1.59. The van der Waals surface area contributed by atoms with Gasteiger partial charge < -0.3 is 14.8 Å². The first-order valence-electron chi connectivity index (χ1n) is 5.95. The topological polar surface area (TPSA) is 65.7 Å². The lowest BCUT2D eigenvalue weighted by Gasteiger charge is -2.26. The van der Waals surface area contributed by atoms with E-state index in [1.54, 1.807) is 31.4 Å². The lowest BCUT2D eigenvalue weighted by Crippen LogP contribution is -2.46. The van der Waals surface area contributed by atoms with Gasteiger partial charge in [-0.15, -0.1) is 6.58 Å². The number of carbonyl (C=O) groups is 1. The maximum absolute atomic E-state index is 11.9. The molecule has 1 aromatic rings. The maximum atomic E-state index is 11.9. The van der Waals surface area contributed by atoms with Crippen LogP contribution in [0.1, 0.15) is 12.7 Å². The number of aliphatic hydroxyl groups is 1. The molecule has 18 heavy (non-hydrogen) atoms. The summed E-state index contributed by atoms with van der Waals surface area (Å²) in [6.07, 6.45) is 3.28. The fraction of sp³-hybridized carbons (Fsp3) is 0.462. The van der Waals surface area contributed by atoms with Gasteiger partial charge in [0, 0.05) is 13.1 Å². The number of nitrogens with zero attached hydrogens (tertiary/aromatic N) is 1. The van der Waals surface area contributed by atoms with Crippen LogP contribution in [0.4, 0.5) is 0 Å². The van der Waals surface area contributed by atoms with E-state index in [2.05, 4.69) is 11.9 Å². The number of furan rings is 1. The van der Waals surface area contributed by atoms with Gasteiger partial charge in [0.15, 0.2) is 0 Å². The highest BCUT2D eigenvalue weighted by molar-refractivity contribution is 5.81. The van der Waals surface area contributed by atoms with Crippen molar-refractivity contribution in [1.82, 2.24) is 10.2 Å². The molecule has 1 unspecified atom stereocenters. The molecule has 0 bridgehead atoms. The van der Waals surface area contributed by atoms with Crippen LogP contribution in [0.25, 0.3) is 0 Å². The molecule has 1 heterocycles. The van der Waals surface area contributed by atoms with Gasteiger partial charge in [0.1, 0.15) is 5.76 Å². The number of nitrogens with one attached hydrogen (secondary N) is 1. The third kappa shape index (κ3) is 4.35. The van der Waals surface area contributed by atoms with Crippen molar-refractivity contribution in [2.45, 2.75) is 19.5 Å². The van der Waals surface area contributed by atoms with E-state index >= 15 is 0 Å². The Kier molecular flexibility index (Phi) is 6.18. The Balaban J connectivity index is 2.45. The summed E-state index contributed by atoms with van der Waals surface area (Å²) in [6.45, 7) is 6.84. The second kappa shape index (κ2) is 7.68. The predicted octanol–water partition coefficient (Wildman–Crippen LogP) is 0.765. The first kappa shape index (κ1) is 14.5. The quantitative estimate of drug-likeness (QED) is 0.671. The highest BCUT2D eigenvalue weighted by atomic mass is 16.3. The zero-order chi connectivity index (χ0) is 13.4. The molecule has 0 radical (unpaired) electrons. The minimum Gasteiger partial charge on any atom is -0.467 e. The van der Waals surface area contributed by atoms with Crippen LogP contribution in [0, 0.1) is 0 Å². The molecule has 5 heteroatoms. The Labute approximate surface area is 107 Å². The van der Waals surface area contributed by atoms with E-state index in [-0.39, 0.29) is 18.6 Å². The van der Waals surface area contributed by atoms with E-state index in [4.69, 9.17) is 9.52 Å². The number of carbonyl (C=O) groups excluding carboxylic acids is 1. The average Bonchev–Trinajstić information content (AvgIpc) is 2.88. The summed E-state index contributed by atoms with van der Waals surface area (Å²) in [5.74, 6) is 0.620. The molecule has 0 spiro atoms. The molecule has 0 saturated carbocycles. The zero-order valence-corrected chi connectivity index (χ0v) is 10.6. The number of rotatable bonds is 8. The lowest BCUT2D eigenvalue weighted by atomic mass is 10.2. The van der Waals surface area contributed by atoms with E-state index in [0.29, 0.717) is 25.4 Å². The van der Waals surface area contributed by atoms with E-state index < -0.39 is 0 Å². The molecule has 5 nitrogen and oxygen atoms in total. The molecule has 0 fully saturated rings. The molecule has 0 aliphatic rings. The highest BCUT2D eigenvalue weighted by Crippen LogP contribution is 2.02. The van der Waals surface area contributed by atoms with Crippen molar-refractivity contribution in [3.05, 3.63) is 36.8 Å². The Morgan fingerprint density at radius 1 is 1.72 bits per heavy atom. The SMILES string of the molecule is C=CCN(CCO)C(C)C(=O)NCc1ccco1. The van der Waals surface area contributed by atoms with Crippen molar-refractivity contribution in [2.75, 3.05) is 19.7 Å². The highest BCUT2D eigenvalue weighted by Gasteiger charge is 2.19. The normalized spacial score (nSPS) is 12.4. The van der Waals surface area contributed by atoms with Crippen LogP contribution in [0.3, 0.4) is 0 Å². The van der Waals surface area contributed by atoms with Crippen LogP contribution in [0.5, 0.6) is 0 Å². The van der Waals surface area contributed by atoms with Crippen molar-refractivity contribution in [3.63, 3.8) is 0 Å². The Morgan fingerprint density at radius 2 is 2.50 bits per heavy atom. The second-order valence-electron chi connectivity index (χ2n) is 3.98. The molecule has 1 rings (SSSR count). The van der Waals surface area contributed by atoms with Gasteiger partial charge in [-0.25, -0.2) is 0 Å². The Morgan fingerprint density at radius 3 is 3.06 bits per heavy atom. The first-order chi connectivity index (χ1) is 8.69. The van der Waals surface area contributed by atoms with E-state index in [1.165, 1.54) is 0 Å². The minimum absolute atomic E-state index is 0.0175. The van der Waals surface area contributed by atoms with Crippen LogP contribution in [0.2, 0.25) is 0 Å². The molecule has 1 atom stereocenters. The summed E-state index contributed by atoms with van der Waals surface area (Å²) in [6, 6.07) is 3.27. The standard InChI is InChI=1S/C13H20N2O3/c1-3-6-15(7-8-16)11(2)13(17)14-10-12-5-4-9-18-12/h3-5,9,11,16H,1,6-8,10H2,2H3,(H,14,17). The van der Waals surface area contributed by atoms with Crippen LogP contribution < -0.4 is 5.32 Å². The van der Waals surface area contributed by atoms with Crippen molar-refractivity contribution in [2.24, 2.45) is 0 Å². The fourth-order valence-electron chi connectivity index (χ4n) is 1.64. The van der Waals surface area contributed by atoms with Gasteiger partial charge in [0.2, 0.25) is 5.91 Å². The van der Waals surface area contributed by atoms with Crippen molar-refractivity contribution in [3.8, 4) is 0 Å². The average molecular weight is 252 g/mol. The third-order valence-corrected chi connectivity index (χ3v) is 2.69. The molecule has 0 aliphatic carbocycles. The smallest absolute Gasteiger partial charge is 0.237 e. The molecule has 1 amide bonds. The molecule has 2 N–H and O–H groups in total. The molecule has 0 saturated heterocycles. The summed E-state index contributed by atoms with van der Waals surface area (Å²) < 4.78 is 5.13. The summed E-state index contributed by atoms with van der Waals surface area (Å²) in [7, 11) is 0. The van der Waals surface area contributed by atoms with Crippen LogP contribution in [-0.4, -0.2) is 41.7 Å². The number of aliphatic hydroxyl groups excluding tert-OH is 1. The van der Waals surface area contributed by atoms with Gasteiger partial charge in [-0.1, -0.05) is 6.08 Å². The van der Waals surface area contributed by atoms with E-state index in [1.807, 2.05) is 4.90 Å². The fourth-order valence-corrected chi connectivity index (χ4v) is 1.64. The van der Waals surface area contributed by atoms with Crippen molar-refractivity contribution >= 4 is 5.91 Å². The third-order valence-electron chi connectivity index (χ3n) is 2.69. The second-order valence-corrected chi connectivity index (χ2v) is 3.98. The van der Waals surface area contributed by atoms with Gasteiger partial charge in [0.25, 0.3) is 0 Å². The van der Waals surface area contributed by atoms with Crippen LogP contribution >= 0.6 is 0 Å². The van der Waals surface area contributed by atoms with E-state index in [0.717, 1.165) is 0 Å². The van der Waals surface area contributed by atoms with E-state index in [9.17, 15) is 4.79 Å². The minimum atomic E-state index is -0.315. The zero-order valence-electron chi connectivity index (χ0n) is 10.6. The molecule has 100 valence electrons. The number of hydrogen-bond donors (Lipinski definition) is 2. The van der Waals surface area contributed by atoms with Crippen LogP contribution in [0.15, 0.2) is 35.5 Å². The number of hydrogen-bond acceptors (Lipinski definition) is 4. The summed E-state index contributed by atoms with van der Waals surface area (Å²) in [5, 5.41) is 11.7. The van der Waals surface area contributed by atoms with Gasteiger partial charge in [-0.3, -0.25) is 9.69 Å². The molecule has 0 aromatic carbocycles. The summed E-state index contributed by atoms with van der Waals surface area (Å²) in [5.41, 5.74) is 0. The van der Waals surface area contributed by atoms with Gasteiger partial charge in [-0.05, 0) is 19.1 Å². The van der Waals surface area contributed by atoms with Crippen molar-refractivity contribution < 1.29 is 14.3 Å². The first-order valence-corrected chi connectivity index (χ1v) is 5.95. The number of amides is 1. The predicted molar refractivity (Wildman–Crippen MR) is 68.9 cm³/mol. The Bertz CT molecular complexity index is 362. The van der Waals surface area contributed by atoms with Gasteiger partial charge >= 0.3 is 0 Å². The molecular weight excluding hydrogens is 232 g/mol. The maximum Gasteiger partial charge on any atom is 0.237 e. The molecule has 0 aliphatic heterocycles.